The van der Waals surface area contributed by atoms with Gasteiger partial charge in [0.15, 0.2) is 11.6 Å². The summed E-state index contributed by atoms with van der Waals surface area (Å²) in [5.41, 5.74) is 0.727. The zero-order valence-corrected chi connectivity index (χ0v) is 14.1. The van der Waals surface area contributed by atoms with Crippen LogP contribution in [0.25, 0.3) is 11.4 Å². The van der Waals surface area contributed by atoms with Gasteiger partial charge in [-0.1, -0.05) is 5.16 Å². The Morgan fingerprint density at radius 2 is 1.88 bits per heavy atom. The molecule has 0 unspecified atom stereocenters. The Kier molecular flexibility index (Phi) is 5.17. The summed E-state index contributed by atoms with van der Waals surface area (Å²) in [6.07, 6.45) is 4.76. The summed E-state index contributed by atoms with van der Waals surface area (Å²) in [7, 11) is 3.84. The van der Waals surface area contributed by atoms with Crippen molar-refractivity contribution in [2.75, 3.05) is 30.9 Å². The van der Waals surface area contributed by atoms with Gasteiger partial charge in [0.1, 0.15) is 5.82 Å². The molecule has 130 valence electrons. The van der Waals surface area contributed by atoms with Crippen molar-refractivity contribution < 1.29 is 8.91 Å². The standard InChI is InChI=1S/C17H19FN6O/c1-24(2)17-16(20-10-11-21-17)19-9-3-4-14-22-15(23-25-14)12-5-7-13(18)8-6-12/h5-8,10-11H,3-4,9H2,1-2H3,(H,19,20). The Hall–Kier alpha value is -3.03. The van der Waals surface area contributed by atoms with Gasteiger partial charge in [0.25, 0.3) is 0 Å². The van der Waals surface area contributed by atoms with E-state index in [-0.39, 0.29) is 5.82 Å². The molecule has 1 aromatic carbocycles. The van der Waals surface area contributed by atoms with Gasteiger partial charge in [-0.2, -0.15) is 4.98 Å². The lowest BCUT2D eigenvalue weighted by Gasteiger charge is -2.15. The zero-order valence-electron chi connectivity index (χ0n) is 14.1. The molecule has 2 heterocycles. The van der Waals surface area contributed by atoms with Gasteiger partial charge in [-0.05, 0) is 30.7 Å². The molecule has 3 aromatic rings. The number of halogens is 1. The number of hydrogen-bond donors (Lipinski definition) is 1. The summed E-state index contributed by atoms with van der Waals surface area (Å²) in [5.74, 6) is 2.25. The van der Waals surface area contributed by atoms with Crippen molar-refractivity contribution in [2.45, 2.75) is 12.8 Å². The lowest BCUT2D eigenvalue weighted by Crippen LogP contribution is -2.15. The fourth-order valence-electron chi connectivity index (χ4n) is 2.30. The van der Waals surface area contributed by atoms with Crippen LogP contribution >= 0.6 is 0 Å². The van der Waals surface area contributed by atoms with Crippen molar-refractivity contribution in [3.63, 3.8) is 0 Å². The summed E-state index contributed by atoms with van der Waals surface area (Å²) in [5, 5.41) is 7.20. The number of benzene rings is 1. The molecule has 3 rings (SSSR count). The Balaban J connectivity index is 1.53. The van der Waals surface area contributed by atoms with Gasteiger partial charge in [0, 0.05) is 45.0 Å². The normalized spacial score (nSPS) is 10.7. The molecule has 25 heavy (non-hydrogen) atoms. The third-order valence-electron chi connectivity index (χ3n) is 3.53. The molecule has 1 N–H and O–H groups in total. The highest BCUT2D eigenvalue weighted by Gasteiger charge is 2.09. The topological polar surface area (TPSA) is 80.0 Å². The smallest absolute Gasteiger partial charge is 0.227 e. The van der Waals surface area contributed by atoms with Crippen LogP contribution in [0.5, 0.6) is 0 Å². The monoisotopic (exact) mass is 342 g/mol. The molecule has 8 heteroatoms. The second-order valence-electron chi connectivity index (χ2n) is 5.67. The van der Waals surface area contributed by atoms with E-state index in [9.17, 15) is 4.39 Å². The van der Waals surface area contributed by atoms with Crippen LogP contribution < -0.4 is 10.2 Å². The Bertz CT molecular complexity index is 818. The largest absolute Gasteiger partial charge is 0.367 e. The minimum Gasteiger partial charge on any atom is -0.367 e. The average molecular weight is 342 g/mol. The minimum atomic E-state index is -0.292. The predicted octanol–water partition coefficient (Wildman–Crippen LogP) is 2.78. The second kappa shape index (κ2) is 7.69. The van der Waals surface area contributed by atoms with Gasteiger partial charge < -0.3 is 14.7 Å². The molecule has 0 amide bonds. The van der Waals surface area contributed by atoms with Crippen LogP contribution in [0.1, 0.15) is 12.3 Å². The first-order valence-electron chi connectivity index (χ1n) is 7.94. The Morgan fingerprint density at radius 3 is 2.64 bits per heavy atom. The minimum absolute atomic E-state index is 0.292. The van der Waals surface area contributed by atoms with Crippen LogP contribution in [0.2, 0.25) is 0 Å². The molecule has 0 atom stereocenters. The maximum Gasteiger partial charge on any atom is 0.227 e. The summed E-state index contributed by atoms with van der Waals surface area (Å²) in [6.45, 7) is 0.702. The second-order valence-corrected chi connectivity index (χ2v) is 5.67. The van der Waals surface area contributed by atoms with E-state index < -0.39 is 0 Å². The molecule has 0 bridgehead atoms. The first kappa shape index (κ1) is 16.8. The number of rotatable bonds is 7. The fraction of sp³-hybridized carbons (Fsp3) is 0.294. The third kappa shape index (κ3) is 4.28. The van der Waals surface area contributed by atoms with E-state index in [4.69, 9.17) is 4.52 Å². The molecular formula is C17H19FN6O. The zero-order chi connectivity index (χ0) is 17.6. The quantitative estimate of drug-likeness (QED) is 0.661. The fourth-order valence-corrected chi connectivity index (χ4v) is 2.30. The summed E-state index contributed by atoms with van der Waals surface area (Å²) >= 11 is 0. The van der Waals surface area contributed by atoms with Crippen molar-refractivity contribution in [3.8, 4) is 11.4 Å². The number of aryl methyl sites for hydroxylation is 1. The molecule has 0 saturated carbocycles. The molecular weight excluding hydrogens is 323 g/mol. The van der Waals surface area contributed by atoms with E-state index in [0.29, 0.717) is 24.7 Å². The molecule has 0 radical (unpaired) electrons. The van der Waals surface area contributed by atoms with Gasteiger partial charge in [-0.15, -0.1) is 0 Å². The first-order chi connectivity index (χ1) is 12.1. The van der Waals surface area contributed by atoms with Gasteiger partial charge in [0.2, 0.25) is 11.7 Å². The molecule has 0 spiro atoms. The van der Waals surface area contributed by atoms with Crippen molar-refractivity contribution in [1.82, 2.24) is 20.1 Å². The number of nitrogens with zero attached hydrogens (tertiary/aromatic N) is 5. The van der Waals surface area contributed by atoms with Gasteiger partial charge in [-0.3, -0.25) is 0 Å². The van der Waals surface area contributed by atoms with Crippen LogP contribution in [-0.2, 0) is 6.42 Å². The maximum atomic E-state index is 12.9. The van der Waals surface area contributed by atoms with E-state index >= 15 is 0 Å². The molecule has 2 aromatic heterocycles. The predicted molar refractivity (Wildman–Crippen MR) is 92.9 cm³/mol. The highest BCUT2D eigenvalue weighted by Crippen LogP contribution is 2.18. The van der Waals surface area contributed by atoms with E-state index in [1.807, 2.05) is 19.0 Å². The van der Waals surface area contributed by atoms with Crippen LogP contribution in [0.15, 0.2) is 41.2 Å². The van der Waals surface area contributed by atoms with Gasteiger partial charge >= 0.3 is 0 Å². The van der Waals surface area contributed by atoms with E-state index in [1.54, 1.807) is 24.5 Å². The van der Waals surface area contributed by atoms with Crippen molar-refractivity contribution in [2.24, 2.45) is 0 Å². The van der Waals surface area contributed by atoms with Crippen molar-refractivity contribution >= 4 is 11.6 Å². The summed E-state index contributed by atoms with van der Waals surface area (Å²) in [6, 6.07) is 6.00. The van der Waals surface area contributed by atoms with Crippen molar-refractivity contribution in [1.29, 1.82) is 0 Å². The molecule has 0 aliphatic heterocycles. The highest BCUT2D eigenvalue weighted by atomic mass is 19.1. The first-order valence-corrected chi connectivity index (χ1v) is 7.94. The molecule has 0 saturated heterocycles. The van der Waals surface area contributed by atoms with E-state index in [1.165, 1.54) is 12.1 Å². The molecule has 0 aliphatic carbocycles. The van der Waals surface area contributed by atoms with E-state index in [0.717, 1.165) is 23.6 Å². The van der Waals surface area contributed by atoms with E-state index in [2.05, 4.69) is 25.4 Å². The SMILES string of the molecule is CN(C)c1nccnc1NCCCc1nc(-c2ccc(F)cc2)no1. The lowest BCUT2D eigenvalue weighted by atomic mass is 10.2. The van der Waals surface area contributed by atoms with Crippen molar-refractivity contribution in [3.05, 3.63) is 48.4 Å². The van der Waals surface area contributed by atoms with Gasteiger partial charge in [0.05, 0.1) is 0 Å². The highest BCUT2D eigenvalue weighted by molar-refractivity contribution is 5.59. The number of hydrogen-bond acceptors (Lipinski definition) is 7. The number of nitrogens with one attached hydrogen (secondary N) is 1. The number of anilines is 2. The van der Waals surface area contributed by atoms with Crippen LogP contribution in [0.4, 0.5) is 16.0 Å². The summed E-state index contributed by atoms with van der Waals surface area (Å²) < 4.78 is 18.2. The third-order valence-corrected chi connectivity index (χ3v) is 3.53. The summed E-state index contributed by atoms with van der Waals surface area (Å²) in [4.78, 5) is 14.8. The Labute approximate surface area is 144 Å². The molecule has 0 fully saturated rings. The lowest BCUT2D eigenvalue weighted by molar-refractivity contribution is 0.377. The molecule has 7 nitrogen and oxygen atoms in total. The maximum absolute atomic E-state index is 12.9. The van der Waals surface area contributed by atoms with Gasteiger partial charge in [-0.25, -0.2) is 14.4 Å². The van der Waals surface area contributed by atoms with Crippen LogP contribution in [0.3, 0.4) is 0 Å². The number of aromatic nitrogens is 4. The molecule has 0 aliphatic rings. The Morgan fingerprint density at radius 1 is 1.12 bits per heavy atom. The van der Waals surface area contributed by atoms with Crippen LogP contribution in [0, 0.1) is 5.82 Å². The average Bonchev–Trinajstić information content (AvgIpc) is 3.08. The van der Waals surface area contributed by atoms with Crippen LogP contribution in [-0.4, -0.2) is 40.7 Å².